The van der Waals surface area contributed by atoms with E-state index in [0.717, 1.165) is 42.8 Å². The molecule has 1 aliphatic heterocycles. The monoisotopic (exact) mass is 392 g/mol. The zero-order chi connectivity index (χ0) is 19.3. The van der Waals surface area contributed by atoms with Crippen molar-refractivity contribution in [1.29, 1.82) is 0 Å². The smallest absolute Gasteiger partial charge is 0.240 e. The van der Waals surface area contributed by atoms with Gasteiger partial charge in [0.1, 0.15) is 5.25 Å². The normalized spacial score (nSPS) is 15.4. The van der Waals surface area contributed by atoms with Gasteiger partial charge >= 0.3 is 0 Å². The van der Waals surface area contributed by atoms with Crippen LogP contribution in [0.2, 0.25) is 0 Å². The summed E-state index contributed by atoms with van der Waals surface area (Å²) in [5.41, 5.74) is 2.79. The molecule has 144 valence electrons. The van der Waals surface area contributed by atoms with Crippen LogP contribution in [0.15, 0.2) is 72.0 Å². The second-order valence-corrected chi connectivity index (χ2v) is 8.05. The fourth-order valence-electron chi connectivity index (χ4n) is 3.49. The Morgan fingerprint density at radius 1 is 0.964 bits per heavy atom. The van der Waals surface area contributed by atoms with Crippen molar-refractivity contribution in [3.63, 3.8) is 0 Å². The Morgan fingerprint density at radius 2 is 1.61 bits per heavy atom. The minimum atomic E-state index is -0.354. The van der Waals surface area contributed by atoms with Crippen molar-refractivity contribution >= 4 is 17.7 Å². The van der Waals surface area contributed by atoms with Crippen LogP contribution in [0.1, 0.15) is 30.1 Å². The van der Waals surface area contributed by atoms with Crippen LogP contribution in [0.3, 0.4) is 0 Å². The fraction of sp³-hybridized carbons (Fsp3) is 0.273. The number of carbonyl (C=O) groups is 1. The summed E-state index contributed by atoms with van der Waals surface area (Å²) >= 11 is 1.42. The number of benzene rings is 2. The maximum atomic E-state index is 13.3. The molecule has 2 aromatic carbocycles. The van der Waals surface area contributed by atoms with Crippen LogP contribution in [0.5, 0.6) is 0 Å². The summed E-state index contributed by atoms with van der Waals surface area (Å²) in [6, 6.07) is 19.8. The number of thioether (sulfide) groups is 1. The van der Waals surface area contributed by atoms with E-state index < -0.39 is 0 Å². The van der Waals surface area contributed by atoms with Gasteiger partial charge in [0.2, 0.25) is 5.91 Å². The number of aromatic nitrogens is 2. The first-order valence-electron chi connectivity index (χ1n) is 9.62. The number of hydrogen-bond acceptors (Lipinski definition) is 4. The molecule has 2 heterocycles. The molecule has 1 amide bonds. The third kappa shape index (κ3) is 4.07. The lowest BCUT2D eigenvalue weighted by molar-refractivity contribution is -0.131. The summed E-state index contributed by atoms with van der Waals surface area (Å²) in [6.07, 6.45) is 5.15. The van der Waals surface area contributed by atoms with Crippen LogP contribution in [0, 0.1) is 0 Å². The van der Waals surface area contributed by atoms with Gasteiger partial charge in [-0.3, -0.25) is 4.79 Å². The number of nitrogen functional groups attached to an aromatic ring is 1. The number of piperidine rings is 1. The SMILES string of the molecule is Nn1cc(-c2ccccc2)nc1S[C@H](C(=O)N1CCCCC1)c1ccccc1. The summed E-state index contributed by atoms with van der Waals surface area (Å²) in [6.45, 7) is 1.66. The molecule has 0 unspecified atom stereocenters. The molecule has 0 aliphatic carbocycles. The summed E-state index contributed by atoms with van der Waals surface area (Å²) in [7, 11) is 0. The van der Waals surface area contributed by atoms with Gasteiger partial charge in [-0.1, -0.05) is 72.4 Å². The van der Waals surface area contributed by atoms with Crippen LogP contribution in [0.25, 0.3) is 11.3 Å². The first-order chi connectivity index (χ1) is 13.7. The average molecular weight is 393 g/mol. The number of hydrogen-bond donors (Lipinski definition) is 1. The van der Waals surface area contributed by atoms with Gasteiger partial charge < -0.3 is 10.7 Å². The Bertz CT molecular complexity index is 920. The predicted molar refractivity (Wildman–Crippen MR) is 113 cm³/mol. The summed E-state index contributed by atoms with van der Waals surface area (Å²) in [4.78, 5) is 20.0. The van der Waals surface area contributed by atoms with Crippen molar-refractivity contribution in [2.45, 2.75) is 29.7 Å². The summed E-state index contributed by atoms with van der Waals surface area (Å²) in [5, 5.41) is 0.283. The Morgan fingerprint density at radius 3 is 2.29 bits per heavy atom. The fourth-order valence-corrected chi connectivity index (χ4v) is 4.57. The van der Waals surface area contributed by atoms with Crippen molar-refractivity contribution in [1.82, 2.24) is 14.6 Å². The first kappa shape index (κ1) is 18.6. The van der Waals surface area contributed by atoms with Gasteiger partial charge in [0.05, 0.1) is 11.9 Å². The second kappa shape index (κ2) is 8.52. The van der Waals surface area contributed by atoms with E-state index in [1.54, 1.807) is 0 Å². The number of nitrogens with two attached hydrogens (primary N) is 1. The molecule has 4 rings (SSSR count). The highest BCUT2D eigenvalue weighted by molar-refractivity contribution is 8.00. The van der Waals surface area contributed by atoms with E-state index in [-0.39, 0.29) is 11.2 Å². The quantitative estimate of drug-likeness (QED) is 0.524. The van der Waals surface area contributed by atoms with Gasteiger partial charge in [-0.25, -0.2) is 9.66 Å². The van der Waals surface area contributed by atoms with E-state index >= 15 is 0 Å². The lowest BCUT2D eigenvalue weighted by Crippen LogP contribution is -2.38. The number of amides is 1. The van der Waals surface area contributed by atoms with Gasteiger partial charge in [-0.2, -0.15) is 0 Å². The topological polar surface area (TPSA) is 64.2 Å². The van der Waals surface area contributed by atoms with Crippen LogP contribution >= 0.6 is 11.8 Å². The molecule has 6 heteroatoms. The average Bonchev–Trinajstić information content (AvgIpc) is 3.14. The highest BCUT2D eigenvalue weighted by Crippen LogP contribution is 2.37. The van der Waals surface area contributed by atoms with E-state index in [2.05, 4.69) is 0 Å². The van der Waals surface area contributed by atoms with Crippen LogP contribution in [-0.4, -0.2) is 33.6 Å². The lowest BCUT2D eigenvalue weighted by Gasteiger charge is -2.30. The van der Waals surface area contributed by atoms with Crippen molar-refractivity contribution in [2.24, 2.45) is 0 Å². The summed E-state index contributed by atoms with van der Waals surface area (Å²) in [5.74, 6) is 6.33. The van der Waals surface area contributed by atoms with Crippen molar-refractivity contribution in [2.75, 3.05) is 18.9 Å². The Labute approximate surface area is 169 Å². The number of carbonyl (C=O) groups excluding carboxylic acids is 1. The molecule has 0 spiro atoms. The van der Waals surface area contributed by atoms with E-state index in [1.165, 1.54) is 22.9 Å². The van der Waals surface area contributed by atoms with Crippen molar-refractivity contribution in [3.05, 3.63) is 72.4 Å². The zero-order valence-electron chi connectivity index (χ0n) is 15.7. The maximum absolute atomic E-state index is 13.3. The Kier molecular flexibility index (Phi) is 5.67. The van der Waals surface area contributed by atoms with Gasteiger partial charge in [0.15, 0.2) is 5.16 Å². The van der Waals surface area contributed by atoms with E-state index in [1.807, 2.05) is 71.8 Å². The molecule has 1 saturated heterocycles. The Balaban J connectivity index is 1.63. The third-order valence-corrected chi connectivity index (χ3v) is 6.21. The van der Waals surface area contributed by atoms with Gasteiger partial charge in [0, 0.05) is 18.7 Å². The van der Waals surface area contributed by atoms with Crippen LogP contribution in [-0.2, 0) is 4.79 Å². The van der Waals surface area contributed by atoms with E-state index in [9.17, 15) is 4.79 Å². The summed E-state index contributed by atoms with van der Waals surface area (Å²) < 4.78 is 1.52. The number of imidazole rings is 1. The van der Waals surface area contributed by atoms with Crippen molar-refractivity contribution < 1.29 is 4.79 Å². The molecule has 0 saturated carbocycles. The van der Waals surface area contributed by atoms with Gasteiger partial charge in [-0.05, 0) is 24.8 Å². The van der Waals surface area contributed by atoms with E-state index in [4.69, 9.17) is 10.8 Å². The van der Waals surface area contributed by atoms with Crippen molar-refractivity contribution in [3.8, 4) is 11.3 Å². The first-order valence-corrected chi connectivity index (χ1v) is 10.5. The predicted octanol–water partition coefficient (Wildman–Crippen LogP) is 4.11. The molecule has 5 nitrogen and oxygen atoms in total. The molecule has 3 aromatic rings. The highest BCUT2D eigenvalue weighted by Gasteiger charge is 2.29. The lowest BCUT2D eigenvalue weighted by atomic mass is 10.1. The maximum Gasteiger partial charge on any atom is 0.240 e. The molecule has 1 aliphatic rings. The molecule has 1 atom stereocenters. The minimum absolute atomic E-state index is 0.139. The van der Waals surface area contributed by atoms with E-state index in [0.29, 0.717) is 5.16 Å². The molecule has 1 fully saturated rings. The third-order valence-electron chi connectivity index (χ3n) is 4.99. The minimum Gasteiger partial charge on any atom is -0.341 e. The molecule has 0 radical (unpaired) electrons. The number of likely N-dealkylation sites (tertiary alicyclic amines) is 1. The second-order valence-electron chi connectivity index (χ2n) is 6.98. The standard InChI is InChI=1S/C22H24N4OS/c23-26-16-19(17-10-4-1-5-11-17)24-22(26)28-20(18-12-6-2-7-13-18)21(27)25-14-8-3-9-15-25/h1-2,4-7,10-13,16,20H,3,8-9,14-15,23H2/t20-/m0/s1. The molecular formula is C22H24N4OS. The zero-order valence-corrected chi connectivity index (χ0v) is 16.5. The Hall–Kier alpha value is -2.73. The number of rotatable bonds is 5. The largest absolute Gasteiger partial charge is 0.341 e. The number of nitrogens with zero attached hydrogens (tertiary/aromatic N) is 3. The van der Waals surface area contributed by atoms with Gasteiger partial charge in [0.25, 0.3) is 0 Å². The highest BCUT2D eigenvalue weighted by atomic mass is 32.2. The van der Waals surface area contributed by atoms with Gasteiger partial charge in [-0.15, -0.1) is 0 Å². The van der Waals surface area contributed by atoms with Crippen LogP contribution in [0.4, 0.5) is 0 Å². The molecule has 1 aromatic heterocycles. The molecule has 0 bridgehead atoms. The molecule has 28 heavy (non-hydrogen) atoms. The molecular weight excluding hydrogens is 368 g/mol. The van der Waals surface area contributed by atoms with Crippen LogP contribution < -0.4 is 5.84 Å². The molecule has 2 N–H and O–H groups in total.